The quantitative estimate of drug-likeness (QED) is 0.804. The van der Waals surface area contributed by atoms with E-state index < -0.39 is 0 Å². The van der Waals surface area contributed by atoms with Crippen molar-refractivity contribution in [1.29, 1.82) is 0 Å². The molecule has 0 radical (unpaired) electrons. The van der Waals surface area contributed by atoms with Crippen LogP contribution in [0.5, 0.6) is 0 Å². The van der Waals surface area contributed by atoms with Gasteiger partial charge in [-0.1, -0.05) is 38.1 Å². The van der Waals surface area contributed by atoms with E-state index in [1.54, 1.807) is 24.3 Å². The minimum atomic E-state index is -0.294. The van der Waals surface area contributed by atoms with Crippen LogP contribution in [0.1, 0.15) is 31.0 Å². The van der Waals surface area contributed by atoms with Gasteiger partial charge in [-0.25, -0.2) is 8.78 Å². The smallest absolute Gasteiger partial charge is 0.275 e. The van der Waals surface area contributed by atoms with Crippen LogP contribution in [0.3, 0.4) is 0 Å². The van der Waals surface area contributed by atoms with Gasteiger partial charge in [-0.2, -0.15) is 0 Å². The molecule has 3 nitrogen and oxygen atoms in total. The number of amides is 1. The van der Waals surface area contributed by atoms with Crippen molar-refractivity contribution in [1.82, 2.24) is 5.32 Å². The number of carbonyl (C=O) groups is 1. The summed E-state index contributed by atoms with van der Waals surface area (Å²) in [7, 11) is 0. The second-order valence-electron chi connectivity index (χ2n) is 6.16. The van der Waals surface area contributed by atoms with Crippen molar-refractivity contribution in [2.24, 2.45) is 5.92 Å². The zero-order valence-electron chi connectivity index (χ0n) is 13.9. The number of quaternary nitrogens is 1. The highest BCUT2D eigenvalue weighted by Crippen LogP contribution is 2.17. The van der Waals surface area contributed by atoms with Crippen molar-refractivity contribution in [2.45, 2.75) is 26.4 Å². The summed E-state index contributed by atoms with van der Waals surface area (Å²) in [5.74, 6) is -0.344. The normalized spacial score (nSPS) is 12.2. The number of nitrogens with two attached hydrogens (primary N) is 1. The number of hydrogen-bond donors (Lipinski definition) is 2. The first kappa shape index (κ1) is 18.1. The lowest BCUT2D eigenvalue weighted by atomic mass is 9.96. The van der Waals surface area contributed by atoms with Crippen molar-refractivity contribution >= 4 is 5.91 Å². The zero-order valence-corrected chi connectivity index (χ0v) is 13.9. The summed E-state index contributed by atoms with van der Waals surface area (Å²) < 4.78 is 25.9. The third kappa shape index (κ3) is 5.42. The molecule has 0 aliphatic carbocycles. The molecule has 0 aliphatic rings. The fourth-order valence-electron chi connectivity index (χ4n) is 2.59. The van der Waals surface area contributed by atoms with Gasteiger partial charge in [0.15, 0.2) is 6.54 Å². The van der Waals surface area contributed by atoms with E-state index in [0.29, 0.717) is 12.5 Å². The fraction of sp³-hybridized carbons (Fsp3) is 0.316. The van der Waals surface area contributed by atoms with Crippen molar-refractivity contribution in [2.75, 3.05) is 6.54 Å². The lowest BCUT2D eigenvalue weighted by Gasteiger charge is -2.19. The molecule has 0 aromatic heterocycles. The molecule has 1 amide bonds. The van der Waals surface area contributed by atoms with Crippen LogP contribution in [0.4, 0.5) is 8.78 Å². The molecule has 24 heavy (non-hydrogen) atoms. The van der Waals surface area contributed by atoms with E-state index in [-0.39, 0.29) is 30.1 Å². The van der Waals surface area contributed by atoms with E-state index in [4.69, 9.17) is 0 Å². The Morgan fingerprint density at radius 2 is 1.54 bits per heavy atom. The highest BCUT2D eigenvalue weighted by molar-refractivity contribution is 5.76. The Hall–Kier alpha value is -2.27. The molecule has 0 bridgehead atoms. The molecule has 5 heteroatoms. The molecule has 0 heterocycles. The van der Waals surface area contributed by atoms with Gasteiger partial charge in [0, 0.05) is 18.0 Å². The highest BCUT2D eigenvalue weighted by Gasteiger charge is 2.20. The first-order valence-corrected chi connectivity index (χ1v) is 8.05. The third-order valence-corrected chi connectivity index (χ3v) is 3.93. The molecular formula is C19H23F2N2O+. The molecule has 0 saturated heterocycles. The van der Waals surface area contributed by atoms with Gasteiger partial charge in [0.25, 0.3) is 5.91 Å². The van der Waals surface area contributed by atoms with Gasteiger partial charge in [-0.3, -0.25) is 4.79 Å². The SMILES string of the molecule is CC(C)[C@H]([NH2+]CC(=O)NCc1ccc(F)cc1)c1ccc(F)cc1. The first-order chi connectivity index (χ1) is 11.5. The van der Waals surface area contributed by atoms with Crippen LogP contribution < -0.4 is 10.6 Å². The molecule has 2 aromatic rings. The second-order valence-corrected chi connectivity index (χ2v) is 6.16. The number of nitrogens with one attached hydrogen (secondary N) is 1. The molecule has 0 aliphatic heterocycles. The predicted octanol–water partition coefficient (Wildman–Crippen LogP) is 2.54. The third-order valence-electron chi connectivity index (χ3n) is 3.93. The Labute approximate surface area is 141 Å². The van der Waals surface area contributed by atoms with Crippen molar-refractivity contribution in [3.63, 3.8) is 0 Å². The highest BCUT2D eigenvalue weighted by atomic mass is 19.1. The lowest BCUT2D eigenvalue weighted by Crippen LogP contribution is -2.88. The standard InChI is InChI=1S/C19H22F2N2O/c1-13(2)19(15-5-9-17(21)10-6-15)23-12-18(24)22-11-14-3-7-16(20)8-4-14/h3-10,13,19,23H,11-12H2,1-2H3,(H,22,24)/p+1/t19-/m0/s1. The number of rotatable bonds is 7. The summed E-state index contributed by atoms with van der Waals surface area (Å²) in [6, 6.07) is 12.5. The zero-order chi connectivity index (χ0) is 17.5. The average molecular weight is 333 g/mol. The van der Waals surface area contributed by atoms with Crippen molar-refractivity contribution in [3.8, 4) is 0 Å². The predicted molar refractivity (Wildman–Crippen MR) is 89.0 cm³/mol. The van der Waals surface area contributed by atoms with E-state index in [0.717, 1.165) is 11.1 Å². The number of carbonyl (C=O) groups excluding carboxylic acids is 1. The summed E-state index contributed by atoms with van der Waals surface area (Å²) in [5.41, 5.74) is 1.85. The maximum Gasteiger partial charge on any atom is 0.275 e. The maximum atomic E-state index is 13.1. The molecule has 0 saturated carbocycles. The van der Waals surface area contributed by atoms with Crippen LogP contribution in [0.15, 0.2) is 48.5 Å². The van der Waals surface area contributed by atoms with Gasteiger partial charge in [-0.05, 0) is 29.8 Å². The van der Waals surface area contributed by atoms with E-state index in [1.165, 1.54) is 24.3 Å². The number of benzene rings is 2. The molecular weight excluding hydrogens is 310 g/mol. The van der Waals surface area contributed by atoms with Gasteiger partial charge >= 0.3 is 0 Å². The summed E-state index contributed by atoms with van der Waals surface area (Å²) in [6.07, 6.45) is 0. The summed E-state index contributed by atoms with van der Waals surface area (Å²) in [5, 5.41) is 4.78. The van der Waals surface area contributed by atoms with Crippen LogP contribution in [0, 0.1) is 17.6 Å². The van der Waals surface area contributed by atoms with Gasteiger partial charge in [0.2, 0.25) is 0 Å². The van der Waals surface area contributed by atoms with E-state index in [1.807, 2.05) is 5.32 Å². The second kappa shape index (κ2) is 8.55. The Morgan fingerprint density at radius 1 is 1.00 bits per heavy atom. The Kier molecular flexibility index (Phi) is 6.44. The van der Waals surface area contributed by atoms with Gasteiger partial charge in [-0.15, -0.1) is 0 Å². The Morgan fingerprint density at radius 3 is 2.08 bits per heavy atom. The first-order valence-electron chi connectivity index (χ1n) is 8.05. The molecule has 0 unspecified atom stereocenters. The maximum absolute atomic E-state index is 13.1. The van der Waals surface area contributed by atoms with Gasteiger partial charge < -0.3 is 10.6 Å². The largest absolute Gasteiger partial charge is 0.347 e. The lowest BCUT2D eigenvalue weighted by molar-refractivity contribution is -0.692. The number of halogens is 2. The topological polar surface area (TPSA) is 45.7 Å². The van der Waals surface area contributed by atoms with Crippen LogP contribution in [-0.2, 0) is 11.3 Å². The van der Waals surface area contributed by atoms with E-state index >= 15 is 0 Å². The summed E-state index contributed by atoms with van der Waals surface area (Å²) in [4.78, 5) is 12.0. The van der Waals surface area contributed by atoms with Crippen molar-refractivity contribution < 1.29 is 18.9 Å². The van der Waals surface area contributed by atoms with Crippen molar-refractivity contribution in [3.05, 3.63) is 71.3 Å². The number of hydrogen-bond acceptors (Lipinski definition) is 1. The minimum absolute atomic E-state index is 0.0853. The molecule has 2 rings (SSSR count). The monoisotopic (exact) mass is 333 g/mol. The van der Waals surface area contributed by atoms with E-state index in [9.17, 15) is 13.6 Å². The summed E-state index contributed by atoms with van der Waals surface area (Å²) >= 11 is 0. The molecule has 128 valence electrons. The van der Waals surface area contributed by atoms with Gasteiger partial charge in [0.1, 0.15) is 17.7 Å². The fourth-order valence-corrected chi connectivity index (χ4v) is 2.59. The molecule has 2 aromatic carbocycles. The van der Waals surface area contributed by atoms with Crippen LogP contribution >= 0.6 is 0 Å². The molecule has 0 spiro atoms. The summed E-state index contributed by atoms with van der Waals surface area (Å²) in [6.45, 7) is 4.79. The minimum Gasteiger partial charge on any atom is -0.347 e. The molecule has 1 atom stereocenters. The Bertz CT molecular complexity index is 654. The van der Waals surface area contributed by atoms with Crippen LogP contribution in [-0.4, -0.2) is 12.5 Å². The van der Waals surface area contributed by atoms with E-state index in [2.05, 4.69) is 19.2 Å². The molecule has 0 fully saturated rings. The Balaban J connectivity index is 1.86. The van der Waals surface area contributed by atoms with Gasteiger partial charge in [0.05, 0.1) is 0 Å². The van der Waals surface area contributed by atoms with Crippen LogP contribution in [0.2, 0.25) is 0 Å². The van der Waals surface area contributed by atoms with Crippen LogP contribution in [0.25, 0.3) is 0 Å². The molecule has 3 N–H and O–H groups in total. The average Bonchev–Trinajstić information content (AvgIpc) is 2.56.